The molecule has 0 fully saturated rings. The molecule has 2 aromatic carbocycles. The lowest BCUT2D eigenvalue weighted by Gasteiger charge is -2.14. The maximum Gasteiger partial charge on any atom is 0.310 e. The standard InChI is InChI=1S/C23H25BrO5/c1-5-27-22(25)10-15-6-8-17(26-4)12-21(15)28-13-19-18-11-16(24)7-9-20(18)29-23(19)14(2)3/h6-9,11-12,14H,5,10,13H2,1-4H3. The van der Waals surface area contributed by atoms with Crippen LogP contribution in [0.3, 0.4) is 0 Å². The molecule has 0 aliphatic carbocycles. The molecule has 3 aromatic rings. The van der Waals surface area contributed by atoms with Crippen molar-refractivity contribution in [3.8, 4) is 11.5 Å². The molecule has 0 amide bonds. The van der Waals surface area contributed by atoms with Crippen LogP contribution < -0.4 is 9.47 Å². The minimum atomic E-state index is -0.289. The zero-order chi connectivity index (χ0) is 21.0. The van der Waals surface area contributed by atoms with Crippen molar-refractivity contribution < 1.29 is 23.4 Å². The van der Waals surface area contributed by atoms with Crippen LogP contribution in [0.2, 0.25) is 0 Å². The molecule has 0 spiro atoms. The summed E-state index contributed by atoms with van der Waals surface area (Å²) in [6.07, 6.45) is 0.141. The molecule has 0 N–H and O–H groups in total. The Morgan fingerprint density at radius 2 is 1.97 bits per heavy atom. The molecule has 154 valence electrons. The third-order valence-electron chi connectivity index (χ3n) is 4.59. The molecule has 5 nitrogen and oxygen atoms in total. The number of hydrogen-bond donors (Lipinski definition) is 0. The molecule has 6 heteroatoms. The average molecular weight is 461 g/mol. The third kappa shape index (κ3) is 4.93. The van der Waals surface area contributed by atoms with Crippen LogP contribution >= 0.6 is 15.9 Å². The van der Waals surface area contributed by atoms with E-state index >= 15 is 0 Å². The van der Waals surface area contributed by atoms with Crippen LogP contribution in [-0.4, -0.2) is 19.7 Å². The van der Waals surface area contributed by atoms with E-state index in [0.29, 0.717) is 24.7 Å². The van der Waals surface area contributed by atoms with Gasteiger partial charge in [0.15, 0.2) is 0 Å². The highest BCUT2D eigenvalue weighted by Gasteiger charge is 2.19. The Hall–Kier alpha value is -2.47. The number of hydrogen-bond acceptors (Lipinski definition) is 5. The maximum absolute atomic E-state index is 12.0. The number of rotatable bonds is 8. The molecule has 29 heavy (non-hydrogen) atoms. The van der Waals surface area contributed by atoms with Gasteiger partial charge in [-0.2, -0.15) is 0 Å². The van der Waals surface area contributed by atoms with Crippen LogP contribution in [-0.2, 0) is 22.6 Å². The summed E-state index contributed by atoms with van der Waals surface area (Å²) < 4.78 is 23.6. The number of methoxy groups -OCH3 is 1. The molecule has 1 aromatic heterocycles. The van der Waals surface area contributed by atoms with Crippen molar-refractivity contribution in [1.29, 1.82) is 0 Å². The Bertz CT molecular complexity index is 1010. The molecule has 0 aliphatic rings. The van der Waals surface area contributed by atoms with E-state index in [0.717, 1.165) is 32.3 Å². The Morgan fingerprint density at radius 1 is 1.17 bits per heavy atom. The molecule has 0 saturated heterocycles. The summed E-state index contributed by atoms with van der Waals surface area (Å²) in [5.41, 5.74) is 2.58. The minimum absolute atomic E-state index is 0.141. The van der Waals surface area contributed by atoms with Gasteiger partial charge in [0.05, 0.1) is 20.1 Å². The van der Waals surface area contributed by atoms with E-state index in [2.05, 4.69) is 29.8 Å². The van der Waals surface area contributed by atoms with Gasteiger partial charge in [-0.1, -0.05) is 35.8 Å². The second-order valence-corrected chi connectivity index (χ2v) is 7.90. The van der Waals surface area contributed by atoms with Crippen molar-refractivity contribution in [3.63, 3.8) is 0 Å². The lowest BCUT2D eigenvalue weighted by Crippen LogP contribution is -2.09. The van der Waals surface area contributed by atoms with Gasteiger partial charge >= 0.3 is 5.97 Å². The SMILES string of the molecule is CCOC(=O)Cc1ccc(OC)cc1OCc1c(C(C)C)oc2ccc(Br)cc12. The molecular weight excluding hydrogens is 436 g/mol. The summed E-state index contributed by atoms with van der Waals surface area (Å²) in [6, 6.07) is 11.4. The highest BCUT2D eigenvalue weighted by Crippen LogP contribution is 2.34. The van der Waals surface area contributed by atoms with Crippen molar-refractivity contribution in [2.24, 2.45) is 0 Å². The van der Waals surface area contributed by atoms with Crippen LogP contribution in [0.4, 0.5) is 0 Å². The van der Waals surface area contributed by atoms with Gasteiger partial charge in [-0.3, -0.25) is 4.79 Å². The number of benzene rings is 2. The smallest absolute Gasteiger partial charge is 0.310 e. The van der Waals surface area contributed by atoms with E-state index in [1.165, 1.54) is 0 Å². The number of furan rings is 1. The predicted octanol–water partition coefficient (Wildman–Crippen LogP) is 6.01. The van der Waals surface area contributed by atoms with Crippen molar-refractivity contribution in [2.75, 3.05) is 13.7 Å². The van der Waals surface area contributed by atoms with E-state index in [-0.39, 0.29) is 18.3 Å². The lowest BCUT2D eigenvalue weighted by atomic mass is 10.0. The van der Waals surface area contributed by atoms with E-state index in [1.54, 1.807) is 20.1 Å². The summed E-state index contributed by atoms with van der Waals surface area (Å²) in [7, 11) is 1.60. The van der Waals surface area contributed by atoms with E-state index in [1.807, 2.05) is 30.3 Å². The molecule has 0 radical (unpaired) electrons. The fourth-order valence-electron chi connectivity index (χ4n) is 3.21. The molecule has 0 atom stereocenters. The Labute approximate surface area is 179 Å². The van der Waals surface area contributed by atoms with Crippen molar-refractivity contribution >= 4 is 32.9 Å². The lowest BCUT2D eigenvalue weighted by molar-refractivity contribution is -0.142. The van der Waals surface area contributed by atoms with Crippen LogP contribution in [0.15, 0.2) is 45.3 Å². The van der Waals surface area contributed by atoms with Gasteiger partial charge in [-0.15, -0.1) is 0 Å². The van der Waals surface area contributed by atoms with Gasteiger partial charge < -0.3 is 18.6 Å². The first-order valence-electron chi connectivity index (χ1n) is 9.59. The highest BCUT2D eigenvalue weighted by molar-refractivity contribution is 9.10. The summed E-state index contributed by atoms with van der Waals surface area (Å²) in [4.78, 5) is 12.0. The van der Waals surface area contributed by atoms with E-state index < -0.39 is 0 Å². The summed E-state index contributed by atoms with van der Waals surface area (Å²) in [5.74, 6) is 2.08. The summed E-state index contributed by atoms with van der Waals surface area (Å²) >= 11 is 3.53. The molecule has 0 bridgehead atoms. The van der Waals surface area contributed by atoms with Crippen LogP contribution in [0.5, 0.6) is 11.5 Å². The monoisotopic (exact) mass is 460 g/mol. The third-order valence-corrected chi connectivity index (χ3v) is 5.09. The first-order valence-corrected chi connectivity index (χ1v) is 10.4. The first-order chi connectivity index (χ1) is 13.9. The van der Waals surface area contributed by atoms with Gasteiger partial charge in [0.1, 0.15) is 29.4 Å². The zero-order valence-electron chi connectivity index (χ0n) is 17.1. The normalized spacial score (nSPS) is 11.1. The number of ether oxygens (including phenoxy) is 3. The Kier molecular flexibility index (Phi) is 6.85. The van der Waals surface area contributed by atoms with Gasteiger partial charge in [0.25, 0.3) is 0 Å². The summed E-state index contributed by atoms with van der Waals surface area (Å²) in [5, 5.41) is 1.01. The van der Waals surface area contributed by atoms with Crippen LogP contribution in [0.25, 0.3) is 11.0 Å². The Morgan fingerprint density at radius 3 is 2.66 bits per heavy atom. The number of esters is 1. The predicted molar refractivity (Wildman–Crippen MR) is 116 cm³/mol. The molecule has 0 saturated carbocycles. The average Bonchev–Trinajstić information content (AvgIpc) is 3.05. The quantitative estimate of drug-likeness (QED) is 0.385. The molecule has 3 rings (SSSR count). The number of carbonyl (C=O) groups excluding carboxylic acids is 1. The van der Waals surface area contributed by atoms with Gasteiger partial charge in [0, 0.05) is 33.0 Å². The number of carbonyl (C=O) groups is 1. The molecule has 1 heterocycles. The van der Waals surface area contributed by atoms with Crippen molar-refractivity contribution in [1.82, 2.24) is 0 Å². The summed E-state index contributed by atoms with van der Waals surface area (Å²) in [6.45, 7) is 6.64. The largest absolute Gasteiger partial charge is 0.497 e. The van der Waals surface area contributed by atoms with Gasteiger partial charge in [-0.05, 0) is 31.2 Å². The maximum atomic E-state index is 12.0. The van der Waals surface area contributed by atoms with Crippen molar-refractivity contribution in [2.45, 2.75) is 39.7 Å². The van der Waals surface area contributed by atoms with Gasteiger partial charge in [0.2, 0.25) is 0 Å². The van der Waals surface area contributed by atoms with Crippen molar-refractivity contribution in [3.05, 3.63) is 57.8 Å². The molecular formula is C23H25BrO5. The van der Waals surface area contributed by atoms with Crippen LogP contribution in [0.1, 0.15) is 43.6 Å². The van der Waals surface area contributed by atoms with Crippen LogP contribution in [0, 0.1) is 0 Å². The topological polar surface area (TPSA) is 57.9 Å². The fraction of sp³-hybridized carbons (Fsp3) is 0.348. The Balaban J connectivity index is 1.93. The zero-order valence-corrected chi connectivity index (χ0v) is 18.7. The number of halogens is 1. The minimum Gasteiger partial charge on any atom is -0.497 e. The van der Waals surface area contributed by atoms with E-state index in [9.17, 15) is 4.79 Å². The highest BCUT2D eigenvalue weighted by atomic mass is 79.9. The molecule has 0 aliphatic heterocycles. The van der Waals surface area contributed by atoms with Gasteiger partial charge in [-0.25, -0.2) is 0 Å². The van der Waals surface area contributed by atoms with E-state index in [4.69, 9.17) is 18.6 Å². The number of fused-ring (bicyclic) bond motifs is 1. The molecule has 0 unspecified atom stereocenters. The second kappa shape index (κ2) is 9.35. The fourth-order valence-corrected chi connectivity index (χ4v) is 3.58. The second-order valence-electron chi connectivity index (χ2n) is 6.98. The first kappa shape index (κ1) is 21.2.